The second-order valence-electron chi connectivity index (χ2n) is 3.66. The molecule has 0 aromatic heterocycles. The van der Waals surface area contributed by atoms with Crippen molar-refractivity contribution in [1.82, 2.24) is 5.32 Å². The molecule has 1 aromatic rings. The predicted molar refractivity (Wildman–Crippen MR) is 70.7 cm³/mol. The molecule has 1 aromatic carbocycles. The van der Waals surface area contributed by atoms with E-state index in [0.29, 0.717) is 6.54 Å². The number of halogens is 1. The van der Waals surface area contributed by atoms with Crippen LogP contribution in [0.15, 0.2) is 22.7 Å². The van der Waals surface area contributed by atoms with E-state index < -0.39 is 0 Å². The molecule has 0 aliphatic heterocycles. The predicted octanol–water partition coefficient (Wildman–Crippen LogP) is 2.70. The van der Waals surface area contributed by atoms with E-state index in [4.69, 9.17) is 0 Å². The van der Waals surface area contributed by atoms with Crippen LogP contribution in [0.5, 0.6) is 0 Å². The summed E-state index contributed by atoms with van der Waals surface area (Å²) in [6.45, 7) is 5.29. The van der Waals surface area contributed by atoms with E-state index in [-0.39, 0.29) is 5.91 Å². The van der Waals surface area contributed by atoms with Crippen molar-refractivity contribution in [2.45, 2.75) is 20.3 Å². The summed E-state index contributed by atoms with van der Waals surface area (Å²) < 4.78 is 0.943. The molecule has 0 saturated carbocycles. The van der Waals surface area contributed by atoms with E-state index in [2.05, 4.69) is 33.5 Å². The summed E-state index contributed by atoms with van der Waals surface area (Å²) in [4.78, 5) is 11.6. The van der Waals surface area contributed by atoms with Gasteiger partial charge in [-0.25, -0.2) is 0 Å². The molecule has 1 amide bonds. The number of rotatable bonds is 5. The fraction of sp³-hybridized carbons (Fsp3) is 0.417. The lowest BCUT2D eigenvalue weighted by atomic mass is 10.2. The third kappa shape index (κ3) is 3.94. The van der Waals surface area contributed by atoms with Gasteiger partial charge in [-0.1, -0.05) is 19.1 Å². The minimum Gasteiger partial charge on any atom is -0.324 e. The molecule has 0 aliphatic carbocycles. The number of hydrogen-bond donors (Lipinski definition) is 2. The molecule has 0 radical (unpaired) electrons. The van der Waals surface area contributed by atoms with Gasteiger partial charge >= 0.3 is 0 Å². The SMILES string of the molecule is CCCNCC(=O)Nc1cccc(C)c1Br. The maximum atomic E-state index is 11.6. The van der Waals surface area contributed by atoms with Crippen molar-refractivity contribution in [2.24, 2.45) is 0 Å². The largest absolute Gasteiger partial charge is 0.324 e. The average molecular weight is 285 g/mol. The molecule has 0 saturated heterocycles. The van der Waals surface area contributed by atoms with Crippen molar-refractivity contribution in [3.05, 3.63) is 28.2 Å². The molecule has 0 heterocycles. The Morgan fingerprint density at radius 2 is 2.19 bits per heavy atom. The number of aryl methyl sites for hydroxylation is 1. The second-order valence-corrected chi connectivity index (χ2v) is 4.45. The van der Waals surface area contributed by atoms with Crippen LogP contribution in [0.2, 0.25) is 0 Å². The van der Waals surface area contributed by atoms with E-state index in [1.807, 2.05) is 25.1 Å². The summed E-state index contributed by atoms with van der Waals surface area (Å²) in [5.74, 6) is -0.0141. The molecule has 2 N–H and O–H groups in total. The van der Waals surface area contributed by atoms with Crippen molar-refractivity contribution in [2.75, 3.05) is 18.4 Å². The van der Waals surface area contributed by atoms with Gasteiger partial charge in [0, 0.05) is 4.47 Å². The van der Waals surface area contributed by atoms with Crippen LogP contribution in [0.1, 0.15) is 18.9 Å². The van der Waals surface area contributed by atoms with Gasteiger partial charge < -0.3 is 10.6 Å². The highest BCUT2D eigenvalue weighted by atomic mass is 79.9. The highest BCUT2D eigenvalue weighted by molar-refractivity contribution is 9.10. The summed E-state index contributed by atoms with van der Waals surface area (Å²) in [6, 6.07) is 5.80. The zero-order chi connectivity index (χ0) is 12.0. The zero-order valence-electron chi connectivity index (χ0n) is 9.64. The van der Waals surface area contributed by atoms with Crippen LogP contribution in [0.4, 0.5) is 5.69 Å². The number of hydrogen-bond acceptors (Lipinski definition) is 2. The van der Waals surface area contributed by atoms with E-state index in [1.54, 1.807) is 0 Å². The third-order valence-electron chi connectivity index (χ3n) is 2.18. The molecule has 16 heavy (non-hydrogen) atoms. The van der Waals surface area contributed by atoms with Crippen LogP contribution in [-0.2, 0) is 4.79 Å². The molecule has 3 nitrogen and oxygen atoms in total. The molecule has 0 aliphatic rings. The molecule has 88 valence electrons. The maximum Gasteiger partial charge on any atom is 0.238 e. The molecular formula is C12H17BrN2O. The lowest BCUT2D eigenvalue weighted by Gasteiger charge is -2.09. The van der Waals surface area contributed by atoms with Crippen LogP contribution in [-0.4, -0.2) is 19.0 Å². The molecule has 0 unspecified atom stereocenters. The zero-order valence-corrected chi connectivity index (χ0v) is 11.2. The fourth-order valence-electron chi connectivity index (χ4n) is 1.32. The molecular weight excluding hydrogens is 268 g/mol. The van der Waals surface area contributed by atoms with Crippen LogP contribution in [0.3, 0.4) is 0 Å². The maximum absolute atomic E-state index is 11.6. The van der Waals surface area contributed by atoms with Crippen molar-refractivity contribution < 1.29 is 4.79 Å². The first-order valence-electron chi connectivity index (χ1n) is 5.40. The second kappa shape index (κ2) is 6.66. The van der Waals surface area contributed by atoms with Crippen LogP contribution in [0.25, 0.3) is 0 Å². The van der Waals surface area contributed by atoms with Crippen LogP contribution < -0.4 is 10.6 Å². The molecule has 0 bridgehead atoms. The Morgan fingerprint density at radius 1 is 1.44 bits per heavy atom. The normalized spacial score (nSPS) is 10.2. The third-order valence-corrected chi connectivity index (χ3v) is 3.23. The van der Waals surface area contributed by atoms with Gasteiger partial charge in [0.05, 0.1) is 12.2 Å². The van der Waals surface area contributed by atoms with Crippen molar-refractivity contribution in [1.29, 1.82) is 0 Å². The Labute approximate surface area is 105 Å². The quantitative estimate of drug-likeness (QED) is 0.817. The van der Waals surface area contributed by atoms with Gasteiger partial charge in [0.25, 0.3) is 0 Å². The fourth-order valence-corrected chi connectivity index (χ4v) is 1.68. The van der Waals surface area contributed by atoms with Gasteiger partial charge in [-0.05, 0) is 47.4 Å². The number of carbonyl (C=O) groups is 1. The average Bonchev–Trinajstić information content (AvgIpc) is 2.25. The molecule has 0 fully saturated rings. The Hall–Kier alpha value is -0.870. The minimum atomic E-state index is -0.0141. The number of amides is 1. The van der Waals surface area contributed by atoms with Crippen molar-refractivity contribution >= 4 is 27.5 Å². The van der Waals surface area contributed by atoms with E-state index >= 15 is 0 Å². The Morgan fingerprint density at radius 3 is 2.88 bits per heavy atom. The number of benzene rings is 1. The lowest BCUT2D eigenvalue weighted by molar-refractivity contribution is -0.115. The van der Waals surface area contributed by atoms with Crippen LogP contribution >= 0.6 is 15.9 Å². The first kappa shape index (κ1) is 13.2. The smallest absolute Gasteiger partial charge is 0.238 e. The van der Waals surface area contributed by atoms with Gasteiger partial charge in [-0.15, -0.1) is 0 Å². The minimum absolute atomic E-state index is 0.0141. The Kier molecular flexibility index (Phi) is 5.49. The first-order chi connectivity index (χ1) is 7.65. The van der Waals surface area contributed by atoms with Gasteiger partial charge in [0.2, 0.25) is 5.91 Å². The first-order valence-corrected chi connectivity index (χ1v) is 6.20. The molecule has 4 heteroatoms. The monoisotopic (exact) mass is 284 g/mol. The Balaban J connectivity index is 2.53. The van der Waals surface area contributed by atoms with E-state index in [1.165, 1.54) is 0 Å². The van der Waals surface area contributed by atoms with Crippen molar-refractivity contribution in [3.8, 4) is 0 Å². The summed E-state index contributed by atoms with van der Waals surface area (Å²) >= 11 is 3.46. The topological polar surface area (TPSA) is 41.1 Å². The summed E-state index contributed by atoms with van der Waals surface area (Å²) in [5.41, 5.74) is 1.93. The van der Waals surface area contributed by atoms with Gasteiger partial charge in [-0.2, -0.15) is 0 Å². The number of carbonyl (C=O) groups excluding carboxylic acids is 1. The molecule has 0 spiro atoms. The summed E-state index contributed by atoms with van der Waals surface area (Å²) in [5, 5.41) is 5.92. The summed E-state index contributed by atoms with van der Waals surface area (Å²) in [7, 11) is 0. The standard InChI is InChI=1S/C12H17BrN2O/c1-3-7-14-8-11(16)15-10-6-4-5-9(2)12(10)13/h4-6,14H,3,7-8H2,1-2H3,(H,15,16). The van der Waals surface area contributed by atoms with E-state index in [0.717, 1.165) is 28.7 Å². The van der Waals surface area contributed by atoms with Crippen molar-refractivity contribution in [3.63, 3.8) is 0 Å². The lowest BCUT2D eigenvalue weighted by Crippen LogP contribution is -2.28. The molecule has 0 atom stereocenters. The number of anilines is 1. The van der Waals surface area contributed by atoms with Gasteiger partial charge in [0.1, 0.15) is 0 Å². The van der Waals surface area contributed by atoms with Crippen LogP contribution in [0, 0.1) is 6.92 Å². The highest BCUT2D eigenvalue weighted by Gasteiger charge is 2.05. The molecule has 1 rings (SSSR count). The number of nitrogens with one attached hydrogen (secondary N) is 2. The highest BCUT2D eigenvalue weighted by Crippen LogP contribution is 2.25. The van der Waals surface area contributed by atoms with Gasteiger partial charge in [-0.3, -0.25) is 4.79 Å². The van der Waals surface area contributed by atoms with Gasteiger partial charge in [0.15, 0.2) is 0 Å². The van der Waals surface area contributed by atoms with E-state index in [9.17, 15) is 4.79 Å². The Bertz CT molecular complexity index is 366. The summed E-state index contributed by atoms with van der Waals surface area (Å²) in [6.07, 6.45) is 1.03.